The van der Waals surface area contributed by atoms with Gasteiger partial charge in [0.15, 0.2) is 0 Å². The van der Waals surface area contributed by atoms with Gasteiger partial charge in [0.1, 0.15) is 5.60 Å². The monoisotopic (exact) mass is 364 g/mol. The van der Waals surface area contributed by atoms with E-state index in [1.807, 2.05) is 0 Å². The van der Waals surface area contributed by atoms with Crippen LogP contribution in [0.3, 0.4) is 0 Å². The van der Waals surface area contributed by atoms with E-state index in [0.29, 0.717) is 11.8 Å². The fourth-order valence-electron chi connectivity index (χ4n) is 4.31. The zero-order valence-electron chi connectivity index (χ0n) is 14.9. The van der Waals surface area contributed by atoms with E-state index in [9.17, 15) is 5.26 Å². The normalized spacial score (nSPS) is 19.0. The standard InChI is InChI=1S/C15H28O2.2CH2O3/c1-2-15(17-16,13-9-5-3-6-10-13)14-11-7-4-8-12-14;2*2-1(3)4/h13-14,16H,2-12H2,1H3;2*(H2,2,3,4). The molecule has 0 amide bonds. The molecule has 0 aromatic carbocycles. The maximum absolute atomic E-state index is 9.58. The van der Waals surface area contributed by atoms with Crippen LogP contribution in [0, 0.1) is 11.8 Å². The Bertz CT molecular complexity index is 329. The van der Waals surface area contributed by atoms with Crippen LogP contribution in [-0.4, -0.2) is 43.6 Å². The van der Waals surface area contributed by atoms with E-state index in [2.05, 4.69) is 6.92 Å². The van der Waals surface area contributed by atoms with Crippen molar-refractivity contribution < 1.29 is 40.2 Å². The highest BCUT2D eigenvalue weighted by atomic mass is 17.1. The zero-order chi connectivity index (χ0) is 19.3. The molecule has 8 heteroatoms. The Hall–Kier alpha value is -1.54. The maximum Gasteiger partial charge on any atom is 0.503 e. The van der Waals surface area contributed by atoms with Gasteiger partial charge in [-0.05, 0) is 43.9 Å². The third-order valence-electron chi connectivity index (χ3n) is 5.31. The molecule has 0 spiro atoms. The molecule has 0 unspecified atom stereocenters. The first-order chi connectivity index (χ1) is 11.8. The highest BCUT2D eigenvalue weighted by Gasteiger charge is 2.46. The molecule has 2 aliphatic carbocycles. The van der Waals surface area contributed by atoms with E-state index < -0.39 is 12.3 Å². The molecule has 0 heterocycles. The van der Waals surface area contributed by atoms with E-state index in [-0.39, 0.29) is 5.60 Å². The van der Waals surface area contributed by atoms with Crippen LogP contribution in [0.2, 0.25) is 0 Å². The molecule has 2 fully saturated rings. The predicted octanol–water partition coefficient (Wildman–Crippen LogP) is 5.23. The molecule has 0 aromatic heterocycles. The van der Waals surface area contributed by atoms with Crippen LogP contribution in [0.15, 0.2) is 0 Å². The summed E-state index contributed by atoms with van der Waals surface area (Å²) in [5.41, 5.74) is -0.221. The van der Waals surface area contributed by atoms with Gasteiger partial charge in [0.2, 0.25) is 0 Å². The van der Waals surface area contributed by atoms with Crippen LogP contribution in [0.1, 0.15) is 77.6 Å². The molecule has 25 heavy (non-hydrogen) atoms. The van der Waals surface area contributed by atoms with E-state index in [4.69, 9.17) is 34.9 Å². The van der Waals surface area contributed by atoms with Crippen molar-refractivity contribution >= 4 is 12.3 Å². The average molecular weight is 364 g/mol. The van der Waals surface area contributed by atoms with Gasteiger partial charge < -0.3 is 20.4 Å². The maximum atomic E-state index is 9.58. The summed E-state index contributed by atoms with van der Waals surface area (Å²) in [6.07, 6.45) is 10.3. The largest absolute Gasteiger partial charge is 0.503 e. The first-order valence-corrected chi connectivity index (χ1v) is 8.96. The first kappa shape index (κ1) is 23.5. The van der Waals surface area contributed by atoms with Crippen molar-refractivity contribution in [2.75, 3.05) is 0 Å². The summed E-state index contributed by atoms with van der Waals surface area (Å²) in [6, 6.07) is 0. The molecule has 0 atom stereocenters. The summed E-state index contributed by atoms with van der Waals surface area (Å²) in [4.78, 5) is 22.3. The fourth-order valence-corrected chi connectivity index (χ4v) is 4.31. The quantitative estimate of drug-likeness (QED) is 0.337. The summed E-state index contributed by atoms with van der Waals surface area (Å²) in [6.45, 7) is 2.19. The van der Waals surface area contributed by atoms with Gasteiger partial charge in [0, 0.05) is 0 Å². The molecule has 8 nitrogen and oxygen atoms in total. The lowest BCUT2D eigenvalue weighted by molar-refractivity contribution is -0.358. The molecule has 5 N–H and O–H groups in total. The summed E-state index contributed by atoms with van der Waals surface area (Å²) in [5, 5.41) is 37.5. The van der Waals surface area contributed by atoms with Crippen LogP contribution >= 0.6 is 0 Å². The van der Waals surface area contributed by atoms with Crippen LogP contribution in [0.4, 0.5) is 9.59 Å². The van der Waals surface area contributed by atoms with Crippen molar-refractivity contribution in [2.45, 2.75) is 83.2 Å². The smallest absolute Gasteiger partial charge is 0.450 e. The summed E-state index contributed by atoms with van der Waals surface area (Å²) in [5.74, 6) is 1.18. The Morgan fingerprint density at radius 2 is 1.08 bits per heavy atom. The van der Waals surface area contributed by atoms with Crippen molar-refractivity contribution in [1.29, 1.82) is 0 Å². The SMILES string of the molecule is CCC(OO)(C1CCCCC1)C1CCCCC1.O=C(O)O.O=C(O)O. The Balaban J connectivity index is 0.000000609. The third kappa shape index (κ3) is 8.92. The average Bonchev–Trinajstić information content (AvgIpc) is 2.58. The second kappa shape index (κ2) is 12.8. The first-order valence-electron chi connectivity index (χ1n) is 8.96. The zero-order valence-corrected chi connectivity index (χ0v) is 14.9. The van der Waals surface area contributed by atoms with E-state index in [1.54, 1.807) is 0 Å². The molecule has 2 aliphatic rings. The molecule has 0 saturated heterocycles. The number of rotatable bonds is 4. The molecular weight excluding hydrogens is 332 g/mol. The Kier molecular flexibility index (Phi) is 12.0. The van der Waals surface area contributed by atoms with Crippen LogP contribution < -0.4 is 0 Å². The van der Waals surface area contributed by atoms with Gasteiger partial charge >= 0.3 is 12.3 Å². The van der Waals surface area contributed by atoms with Gasteiger partial charge in [0.05, 0.1) is 0 Å². The lowest BCUT2D eigenvalue weighted by Crippen LogP contribution is -2.48. The summed E-state index contributed by atoms with van der Waals surface area (Å²) in [7, 11) is 0. The van der Waals surface area contributed by atoms with Crippen LogP contribution in [-0.2, 0) is 4.89 Å². The third-order valence-corrected chi connectivity index (χ3v) is 5.31. The Morgan fingerprint density at radius 3 is 1.28 bits per heavy atom. The van der Waals surface area contributed by atoms with E-state index >= 15 is 0 Å². The van der Waals surface area contributed by atoms with Gasteiger partial charge in [0.25, 0.3) is 0 Å². The van der Waals surface area contributed by atoms with E-state index in [1.165, 1.54) is 64.2 Å². The Morgan fingerprint density at radius 1 is 0.800 bits per heavy atom. The molecule has 0 aliphatic heterocycles. The van der Waals surface area contributed by atoms with Gasteiger partial charge in [-0.25, -0.2) is 14.5 Å². The molecular formula is C17H32O8. The van der Waals surface area contributed by atoms with Crippen molar-refractivity contribution in [1.82, 2.24) is 0 Å². The molecule has 0 aromatic rings. The molecule has 2 saturated carbocycles. The molecule has 0 bridgehead atoms. The van der Waals surface area contributed by atoms with Gasteiger partial charge in [-0.2, -0.15) is 0 Å². The minimum atomic E-state index is -1.83. The molecule has 2 rings (SSSR count). The van der Waals surface area contributed by atoms with E-state index in [0.717, 1.165) is 6.42 Å². The van der Waals surface area contributed by atoms with Crippen molar-refractivity contribution in [3.8, 4) is 0 Å². The molecule has 0 radical (unpaired) electrons. The summed E-state index contributed by atoms with van der Waals surface area (Å²) < 4.78 is 0. The number of hydrogen-bond acceptors (Lipinski definition) is 4. The number of carboxylic acid groups (broad SMARTS) is 4. The Labute approximate surface area is 148 Å². The van der Waals surface area contributed by atoms with Crippen molar-refractivity contribution in [3.05, 3.63) is 0 Å². The summed E-state index contributed by atoms with van der Waals surface area (Å²) >= 11 is 0. The second-order valence-electron chi connectivity index (χ2n) is 6.63. The van der Waals surface area contributed by atoms with Gasteiger partial charge in [-0.15, -0.1) is 0 Å². The van der Waals surface area contributed by atoms with Crippen LogP contribution in [0.5, 0.6) is 0 Å². The highest BCUT2D eigenvalue weighted by molar-refractivity contribution is 5.53. The van der Waals surface area contributed by atoms with Crippen LogP contribution in [0.25, 0.3) is 0 Å². The molecule has 148 valence electrons. The van der Waals surface area contributed by atoms with Gasteiger partial charge in [-0.1, -0.05) is 45.4 Å². The van der Waals surface area contributed by atoms with Gasteiger partial charge in [-0.3, -0.25) is 5.26 Å². The topological polar surface area (TPSA) is 145 Å². The number of hydrogen-bond donors (Lipinski definition) is 5. The lowest BCUT2D eigenvalue weighted by atomic mass is 9.65. The minimum Gasteiger partial charge on any atom is -0.450 e. The minimum absolute atomic E-state index is 0.221. The fraction of sp³-hybridized carbons (Fsp3) is 0.882. The highest BCUT2D eigenvalue weighted by Crippen LogP contribution is 2.46. The predicted molar refractivity (Wildman–Crippen MR) is 91.2 cm³/mol. The number of carbonyl (C=O) groups is 2. The van der Waals surface area contributed by atoms with Crippen molar-refractivity contribution in [2.24, 2.45) is 11.8 Å². The lowest BCUT2D eigenvalue weighted by Gasteiger charge is -2.46. The second-order valence-corrected chi connectivity index (χ2v) is 6.63. The van der Waals surface area contributed by atoms with Crippen molar-refractivity contribution in [3.63, 3.8) is 0 Å².